The first kappa shape index (κ1) is 15.9. The van der Waals surface area contributed by atoms with Crippen molar-refractivity contribution in [3.05, 3.63) is 47.3 Å². The van der Waals surface area contributed by atoms with Crippen molar-refractivity contribution in [3.63, 3.8) is 0 Å². The fraction of sp³-hybridized carbons (Fsp3) is 0.214. The van der Waals surface area contributed by atoms with E-state index in [9.17, 15) is 18.7 Å². The molecule has 1 N–H and O–H groups in total. The molecule has 7 heteroatoms. The number of methoxy groups -OCH3 is 1. The topological polar surface area (TPSA) is 46.5 Å². The highest BCUT2D eigenvalue weighted by Crippen LogP contribution is 2.48. The van der Waals surface area contributed by atoms with E-state index in [0.717, 1.165) is 13.2 Å². The number of benzene rings is 1. The first-order valence-electron chi connectivity index (χ1n) is 5.77. The summed E-state index contributed by atoms with van der Waals surface area (Å²) in [7, 11) is 1.02. The maximum absolute atomic E-state index is 14.7. The number of hydrogen-bond acceptors (Lipinski definition) is 3. The average Bonchev–Trinajstić information content (AvgIpc) is 2.44. The summed E-state index contributed by atoms with van der Waals surface area (Å²) >= 11 is 11.5. The van der Waals surface area contributed by atoms with Gasteiger partial charge in [-0.3, -0.25) is 4.79 Å². The number of phenolic OH excluding ortho intramolecular Hbond substituents is 1. The van der Waals surface area contributed by atoms with Crippen molar-refractivity contribution >= 4 is 35.1 Å². The molecule has 1 aromatic rings. The zero-order valence-electron chi connectivity index (χ0n) is 10.7. The lowest BCUT2D eigenvalue weighted by Gasteiger charge is -2.31. The van der Waals surface area contributed by atoms with Crippen molar-refractivity contribution in [1.29, 1.82) is 0 Å². The predicted octanol–water partition coefficient (Wildman–Crippen LogP) is 3.94. The van der Waals surface area contributed by atoms with Gasteiger partial charge in [0.2, 0.25) is 0 Å². The maximum Gasteiger partial charge on any atom is 0.257 e. The van der Waals surface area contributed by atoms with Gasteiger partial charge in [0.1, 0.15) is 11.6 Å². The normalized spacial score (nSPS) is 24.2. The number of aldehydes is 1. The molecule has 0 saturated heterocycles. The molecule has 3 nitrogen and oxygen atoms in total. The summed E-state index contributed by atoms with van der Waals surface area (Å²) in [4.78, 5) is 10.8. The first-order chi connectivity index (χ1) is 9.75. The Morgan fingerprint density at radius 1 is 1.33 bits per heavy atom. The Morgan fingerprint density at radius 3 is 2.57 bits per heavy atom. The Labute approximate surface area is 129 Å². The molecule has 0 amide bonds. The second-order valence-corrected chi connectivity index (χ2v) is 5.77. The summed E-state index contributed by atoms with van der Waals surface area (Å²) in [5, 5.41) is 10.0. The third-order valence-electron chi connectivity index (χ3n) is 3.11. The Bertz CT molecular complexity index is 656. The number of para-hydroxylation sites is 1. The molecule has 2 rings (SSSR count). The minimum atomic E-state index is -2.67. The van der Waals surface area contributed by atoms with Gasteiger partial charge in [0.15, 0.2) is 10.6 Å². The molecular formula is C14H10Cl2F2O3. The van der Waals surface area contributed by atoms with Gasteiger partial charge in [-0.2, -0.15) is 0 Å². The zero-order chi connectivity index (χ0) is 15.8. The van der Waals surface area contributed by atoms with Crippen LogP contribution in [0.15, 0.2) is 36.2 Å². The molecule has 1 aliphatic carbocycles. The molecule has 0 bridgehead atoms. The zero-order valence-corrected chi connectivity index (χ0v) is 12.3. The van der Waals surface area contributed by atoms with Gasteiger partial charge in [0, 0.05) is 24.3 Å². The second kappa shape index (κ2) is 5.40. The van der Waals surface area contributed by atoms with Crippen LogP contribution < -0.4 is 0 Å². The van der Waals surface area contributed by atoms with Gasteiger partial charge in [0.25, 0.3) is 5.85 Å². The third-order valence-corrected chi connectivity index (χ3v) is 3.68. The van der Waals surface area contributed by atoms with E-state index in [2.05, 4.69) is 4.74 Å². The van der Waals surface area contributed by atoms with Crippen molar-refractivity contribution < 1.29 is 23.4 Å². The average molecular weight is 335 g/mol. The molecular weight excluding hydrogens is 325 g/mol. The van der Waals surface area contributed by atoms with Crippen molar-refractivity contribution in [2.45, 2.75) is 10.2 Å². The Kier molecular flexibility index (Phi) is 4.10. The van der Waals surface area contributed by atoms with Gasteiger partial charge >= 0.3 is 0 Å². The number of phenols is 1. The Morgan fingerprint density at radius 2 is 2.00 bits per heavy atom. The molecule has 0 aliphatic heterocycles. The number of alkyl halides is 3. The van der Waals surface area contributed by atoms with Gasteiger partial charge < -0.3 is 9.84 Å². The fourth-order valence-corrected chi connectivity index (χ4v) is 2.32. The molecule has 1 unspecified atom stereocenters. The second-order valence-electron chi connectivity index (χ2n) is 4.38. The van der Waals surface area contributed by atoms with E-state index in [4.69, 9.17) is 23.2 Å². The molecule has 0 radical (unpaired) electrons. The summed E-state index contributed by atoms with van der Waals surface area (Å²) in [6, 6.07) is 4.10. The molecule has 0 heterocycles. The van der Waals surface area contributed by atoms with Crippen LogP contribution in [0.2, 0.25) is 0 Å². The van der Waals surface area contributed by atoms with E-state index in [1.165, 1.54) is 18.2 Å². The fourth-order valence-electron chi connectivity index (χ4n) is 1.99. The van der Waals surface area contributed by atoms with Crippen LogP contribution in [0, 0.1) is 0 Å². The number of allylic oxidation sites excluding steroid dienone is 2. The van der Waals surface area contributed by atoms with Crippen LogP contribution in [0.25, 0.3) is 5.57 Å². The Hall–Kier alpha value is -1.43. The monoisotopic (exact) mass is 334 g/mol. The number of aromatic hydroxyl groups is 1. The van der Waals surface area contributed by atoms with Crippen LogP contribution in [-0.2, 0) is 4.74 Å². The lowest BCUT2D eigenvalue weighted by atomic mass is 9.91. The number of halogens is 4. The number of carbonyl (C=O) groups is 1. The standard InChI is InChI=1S/C14H10Cl2F2O3/c1-21-14(18)6-11(17)13(15,16)5-10(14)9-4-2-3-8(7-19)12(9)20/h2-7,20H,1H3. The molecule has 1 aliphatic rings. The molecule has 1 atom stereocenters. The quantitative estimate of drug-likeness (QED) is 0.672. The van der Waals surface area contributed by atoms with Gasteiger partial charge in [-0.05, 0) is 12.1 Å². The van der Waals surface area contributed by atoms with Crippen LogP contribution in [-0.4, -0.2) is 28.7 Å². The van der Waals surface area contributed by atoms with Crippen LogP contribution in [0.5, 0.6) is 5.75 Å². The number of rotatable bonds is 3. The number of ether oxygens (including phenoxy) is 1. The highest BCUT2D eigenvalue weighted by atomic mass is 35.5. The van der Waals surface area contributed by atoms with E-state index in [1.807, 2.05) is 0 Å². The van der Waals surface area contributed by atoms with E-state index < -0.39 is 21.8 Å². The SMILES string of the molecule is COC1(F)C=C(F)C(Cl)(Cl)C=C1c1cccc(C=O)c1O. The van der Waals surface area contributed by atoms with Gasteiger partial charge in [-0.25, -0.2) is 8.78 Å². The minimum Gasteiger partial charge on any atom is -0.507 e. The van der Waals surface area contributed by atoms with Crippen LogP contribution in [0.3, 0.4) is 0 Å². The van der Waals surface area contributed by atoms with E-state index in [0.29, 0.717) is 12.4 Å². The molecule has 0 spiro atoms. The minimum absolute atomic E-state index is 0.0587. The molecule has 1 aromatic carbocycles. The summed E-state index contributed by atoms with van der Waals surface area (Å²) in [5.41, 5.74) is -0.424. The summed E-state index contributed by atoms with van der Waals surface area (Å²) in [6.07, 6.45) is 1.77. The van der Waals surface area contributed by atoms with E-state index in [-0.39, 0.29) is 16.7 Å². The molecule has 21 heavy (non-hydrogen) atoms. The van der Waals surface area contributed by atoms with Crippen molar-refractivity contribution in [2.75, 3.05) is 7.11 Å². The van der Waals surface area contributed by atoms with Gasteiger partial charge in [-0.1, -0.05) is 35.3 Å². The highest BCUT2D eigenvalue weighted by Gasteiger charge is 2.45. The lowest BCUT2D eigenvalue weighted by Crippen LogP contribution is -2.32. The van der Waals surface area contributed by atoms with E-state index >= 15 is 0 Å². The van der Waals surface area contributed by atoms with Crippen LogP contribution >= 0.6 is 23.2 Å². The summed E-state index contributed by atoms with van der Waals surface area (Å²) < 4.78 is 31.0. The van der Waals surface area contributed by atoms with Gasteiger partial charge in [0.05, 0.1) is 5.56 Å². The van der Waals surface area contributed by atoms with Crippen LogP contribution in [0.4, 0.5) is 8.78 Å². The molecule has 0 aromatic heterocycles. The predicted molar refractivity (Wildman–Crippen MR) is 75.9 cm³/mol. The maximum atomic E-state index is 14.7. The highest BCUT2D eigenvalue weighted by molar-refractivity contribution is 6.52. The lowest BCUT2D eigenvalue weighted by molar-refractivity contribution is -0.0308. The first-order valence-corrected chi connectivity index (χ1v) is 6.52. The number of hydrogen-bond donors (Lipinski definition) is 1. The smallest absolute Gasteiger partial charge is 0.257 e. The Balaban J connectivity index is 2.69. The van der Waals surface area contributed by atoms with Gasteiger partial charge in [-0.15, -0.1) is 0 Å². The number of carbonyl (C=O) groups excluding carboxylic acids is 1. The summed E-state index contributed by atoms with van der Waals surface area (Å²) in [5.74, 6) is -4.28. The largest absolute Gasteiger partial charge is 0.507 e. The third kappa shape index (κ3) is 2.69. The van der Waals surface area contributed by atoms with Crippen molar-refractivity contribution in [2.24, 2.45) is 0 Å². The molecule has 112 valence electrons. The van der Waals surface area contributed by atoms with E-state index in [1.54, 1.807) is 0 Å². The van der Waals surface area contributed by atoms with Crippen molar-refractivity contribution in [1.82, 2.24) is 0 Å². The molecule has 0 fully saturated rings. The van der Waals surface area contributed by atoms with Crippen molar-refractivity contribution in [3.8, 4) is 5.75 Å². The molecule has 0 saturated carbocycles. The summed E-state index contributed by atoms with van der Waals surface area (Å²) in [6.45, 7) is 0. The van der Waals surface area contributed by atoms with Crippen LogP contribution in [0.1, 0.15) is 15.9 Å².